The maximum Gasteiger partial charge on any atom is 0.415 e. The summed E-state index contributed by atoms with van der Waals surface area (Å²) < 4.78 is 10.1. The summed E-state index contributed by atoms with van der Waals surface area (Å²) >= 11 is 0. The van der Waals surface area contributed by atoms with Crippen LogP contribution in [0, 0.1) is 5.92 Å². The average Bonchev–Trinajstić information content (AvgIpc) is 3.17. The van der Waals surface area contributed by atoms with E-state index in [1.165, 1.54) is 19.2 Å². The standard InChI is InChI=1S/C20H20N4O4/c1-27-19(25)15-7-9-17(10-8-15)28-20(26)24-12-16(11-22-23-21)18(13-24)14-5-3-2-4-6-14/h2-10,16,18H,11-13H2,1H3. The molecule has 8 heteroatoms. The topological polar surface area (TPSA) is 105 Å². The number of rotatable bonds is 5. The lowest BCUT2D eigenvalue weighted by Gasteiger charge is -2.16. The Hall–Kier alpha value is -3.51. The zero-order valence-corrected chi connectivity index (χ0v) is 15.4. The molecule has 2 aromatic rings. The summed E-state index contributed by atoms with van der Waals surface area (Å²) in [6.07, 6.45) is -0.477. The number of ether oxygens (including phenoxy) is 2. The quantitative estimate of drug-likeness (QED) is 0.338. The molecular weight excluding hydrogens is 360 g/mol. The number of carbonyl (C=O) groups is 2. The van der Waals surface area contributed by atoms with E-state index in [1.807, 2.05) is 30.3 Å². The predicted octanol–water partition coefficient (Wildman–Crippen LogP) is 4.00. The maximum absolute atomic E-state index is 12.6. The summed E-state index contributed by atoms with van der Waals surface area (Å²) in [5.74, 6) is -0.0232. The molecule has 2 atom stereocenters. The number of nitrogens with zero attached hydrogens (tertiary/aromatic N) is 4. The van der Waals surface area contributed by atoms with Gasteiger partial charge in [0.25, 0.3) is 0 Å². The molecule has 1 fully saturated rings. The molecule has 0 aromatic heterocycles. The van der Waals surface area contributed by atoms with Gasteiger partial charge in [0.15, 0.2) is 0 Å². The molecule has 3 rings (SSSR count). The lowest BCUT2D eigenvalue weighted by Crippen LogP contribution is -2.31. The molecule has 2 unspecified atom stereocenters. The molecule has 1 amide bonds. The Bertz CT molecular complexity index is 879. The van der Waals surface area contributed by atoms with Gasteiger partial charge in [-0.15, -0.1) is 0 Å². The van der Waals surface area contributed by atoms with Crippen molar-refractivity contribution in [1.82, 2.24) is 4.90 Å². The summed E-state index contributed by atoms with van der Waals surface area (Å²) in [7, 11) is 1.31. The van der Waals surface area contributed by atoms with E-state index >= 15 is 0 Å². The number of carbonyl (C=O) groups excluding carboxylic acids is 2. The van der Waals surface area contributed by atoms with Crippen LogP contribution in [0.2, 0.25) is 0 Å². The molecule has 1 aliphatic rings. The fourth-order valence-electron chi connectivity index (χ4n) is 3.37. The van der Waals surface area contributed by atoms with Crippen LogP contribution < -0.4 is 4.74 Å². The lowest BCUT2D eigenvalue weighted by molar-refractivity contribution is 0.0600. The van der Waals surface area contributed by atoms with Gasteiger partial charge in [-0.2, -0.15) is 0 Å². The molecule has 0 aliphatic carbocycles. The minimum Gasteiger partial charge on any atom is -0.465 e. The van der Waals surface area contributed by atoms with Crippen molar-refractivity contribution >= 4 is 12.1 Å². The largest absolute Gasteiger partial charge is 0.465 e. The number of esters is 1. The Balaban J connectivity index is 1.69. The average molecular weight is 380 g/mol. The van der Waals surface area contributed by atoms with Crippen molar-refractivity contribution in [2.24, 2.45) is 11.0 Å². The summed E-state index contributed by atoms with van der Waals surface area (Å²) in [5, 5.41) is 3.70. The second kappa shape index (κ2) is 8.92. The predicted molar refractivity (Wildman–Crippen MR) is 102 cm³/mol. The fourth-order valence-corrected chi connectivity index (χ4v) is 3.37. The van der Waals surface area contributed by atoms with Gasteiger partial charge in [-0.05, 0) is 41.3 Å². The monoisotopic (exact) mass is 380 g/mol. The van der Waals surface area contributed by atoms with Crippen molar-refractivity contribution in [3.63, 3.8) is 0 Å². The highest BCUT2D eigenvalue weighted by Gasteiger charge is 2.36. The van der Waals surface area contributed by atoms with E-state index in [0.717, 1.165) is 5.56 Å². The Morgan fingerprint density at radius 1 is 1.14 bits per heavy atom. The number of azide groups is 1. The van der Waals surface area contributed by atoms with E-state index < -0.39 is 12.1 Å². The molecule has 1 aliphatic heterocycles. The number of hydrogen-bond acceptors (Lipinski definition) is 5. The van der Waals surface area contributed by atoms with Crippen LogP contribution in [-0.2, 0) is 4.74 Å². The van der Waals surface area contributed by atoms with Crippen molar-refractivity contribution in [2.75, 3.05) is 26.7 Å². The fraction of sp³-hybridized carbons (Fsp3) is 0.300. The molecule has 0 saturated carbocycles. The first-order valence-electron chi connectivity index (χ1n) is 8.83. The zero-order chi connectivity index (χ0) is 19.9. The second-order valence-electron chi connectivity index (χ2n) is 6.48. The van der Waals surface area contributed by atoms with Crippen molar-refractivity contribution in [2.45, 2.75) is 5.92 Å². The molecule has 28 heavy (non-hydrogen) atoms. The van der Waals surface area contributed by atoms with Crippen LogP contribution >= 0.6 is 0 Å². The van der Waals surface area contributed by atoms with Crippen LogP contribution in [0.4, 0.5) is 4.79 Å². The number of amides is 1. The van der Waals surface area contributed by atoms with Crippen LogP contribution in [0.3, 0.4) is 0 Å². The van der Waals surface area contributed by atoms with E-state index in [9.17, 15) is 9.59 Å². The molecule has 1 heterocycles. The third-order valence-corrected chi connectivity index (χ3v) is 4.79. The van der Waals surface area contributed by atoms with E-state index in [-0.39, 0.29) is 11.8 Å². The van der Waals surface area contributed by atoms with Gasteiger partial charge in [0, 0.05) is 30.5 Å². The highest BCUT2D eigenvalue weighted by Crippen LogP contribution is 2.33. The Morgan fingerprint density at radius 3 is 2.50 bits per heavy atom. The molecular formula is C20H20N4O4. The maximum atomic E-state index is 12.6. The van der Waals surface area contributed by atoms with E-state index in [4.69, 9.17) is 10.3 Å². The minimum atomic E-state index is -0.477. The first-order chi connectivity index (χ1) is 13.6. The van der Waals surface area contributed by atoms with Gasteiger partial charge in [0.05, 0.1) is 12.7 Å². The third-order valence-electron chi connectivity index (χ3n) is 4.79. The minimum absolute atomic E-state index is 0.0209. The van der Waals surface area contributed by atoms with E-state index in [2.05, 4.69) is 14.8 Å². The molecule has 0 N–H and O–H groups in total. The number of likely N-dealkylation sites (tertiary alicyclic amines) is 1. The first-order valence-corrected chi connectivity index (χ1v) is 8.83. The summed E-state index contributed by atoms with van der Waals surface area (Å²) in [5.41, 5.74) is 10.1. The highest BCUT2D eigenvalue weighted by molar-refractivity contribution is 5.89. The second-order valence-corrected chi connectivity index (χ2v) is 6.48. The van der Waals surface area contributed by atoms with Gasteiger partial charge < -0.3 is 14.4 Å². The lowest BCUT2D eigenvalue weighted by atomic mass is 9.89. The van der Waals surface area contributed by atoms with Crippen LogP contribution in [0.5, 0.6) is 5.75 Å². The molecule has 0 radical (unpaired) electrons. The van der Waals surface area contributed by atoms with E-state index in [0.29, 0.717) is 30.9 Å². The summed E-state index contributed by atoms with van der Waals surface area (Å²) in [6.45, 7) is 1.24. The van der Waals surface area contributed by atoms with Crippen molar-refractivity contribution in [3.8, 4) is 5.75 Å². The van der Waals surface area contributed by atoms with Crippen molar-refractivity contribution < 1.29 is 19.1 Å². The third kappa shape index (κ3) is 4.42. The van der Waals surface area contributed by atoms with Crippen LogP contribution in [-0.4, -0.2) is 43.7 Å². The summed E-state index contributed by atoms with van der Waals surface area (Å²) in [6, 6.07) is 16.0. The molecule has 8 nitrogen and oxygen atoms in total. The van der Waals surface area contributed by atoms with Gasteiger partial charge in [-0.3, -0.25) is 0 Å². The van der Waals surface area contributed by atoms with Gasteiger partial charge in [-0.1, -0.05) is 35.4 Å². The molecule has 0 bridgehead atoms. The Morgan fingerprint density at radius 2 is 1.86 bits per heavy atom. The molecule has 144 valence electrons. The van der Waals surface area contributed by atoms with Crippen LogP contribution in [0.15, 0.2) is 59.7 Å². The Labute approximate surface area is 162 Å². The van der Waals surface area contributed by atoms with Crippen molar-refractivity contribution in [1.29, 1.82) is 0 Å². The Kier molecular flexibility index (Phi) is 6.14. The molecule has 0 spiro atoms. The summed E-state index contributed by atoms with van der Waals surface area (Å²) in [4.78, 5) is 28.5. The van der Waals surface area contributed by atoms with Gasteiger partial charge in [0.2, 0.25) is 0 Å². The molecule has 2 aromatic carbocycles. The van der Waals surface area contributed by atoms with E-state index in [1.54, 1.807) is 17.0 Å². The zero-order valence-electron chi connectivity index (χ0n) is 15.4. The van der Waals surface area contributed by atoms with Crippen LogP contribution in [0.1, 0.15) is 21.8 Å². The smallest absolute Gasteiger partial charge is 0.415 e. The SMILES string of the molecule is COC(=O)c1ccc(OC(=O)N2CC(CN=[N+]=[N-])C(c3ccccc3)C2)cc1. The van der Waals surface area contributed by atoms with Gasteiger partial charge >= 0.3 is 12.1 Å². The highest BCUT2D eigenvalue weighted by atomic mass is 16.6. The number of methoxy groups -OCH3 is 1. The van der Waals surface area contributed by atoms with Crippen molar-refractivity contribution in [3.05, 3.63) is 76.2 Å². The van der Waals surface area contributed by atoms with Gasteiger partial charge in [-0.25, -0.2) is 9.59 Å². The number of benzene rings is 2. The molecule has 1 saturated heterocycles. The number of hydrogen-bond donors (Lipinski definition) is 0. The first kappa shape index (κ1) is 19.3. The normalized spacial score (nSPS) is 18.2. The van der Waals surface area contributed by atoms with Crippen LogP contribution in [0.25, 0.3) is 10.4 Å². The van der Waals surface area contributed by atoms with Gasteiger partial charge in [0.1, 0.15) is 5.75 Å².